The topological polar surface area (TPSA) is 9.23 Å². The van der Waals surface area contributed by atoms with E-state index in [4.69, 9.17) is 4.74 Å². The van der Waals surface area contributed by atoms with E-state index in [9.17, 15) is 0 Å². The zero-order valence-corrected chi connectivity index (χ0v) is 8.87. The molecule has 0 aromatic heterocycles. The van der Waals surface area contributed by atoms with Gasteiger partial charge in [-0.3, -0.25) is 0 Å². The predicted molar refractivity (Wildman–Crippen MR) is 57.1 cm³/mol. The molecule has 3 aliphatic rings. The number of hydrogen-bond donors (Lipinski definition) is 0. The molecule has 2 bridgehead atoms. The maximum atomic E-state index is 5.92. The van der Waals surface area contributed by atoms with E-state index in [0.29, 0.717) is 6.10 Å². The molecule has 4 atom stereocenters. The molecule has 2 saturated carbocycles. The molecule has 4 unspecified atom stereocenters. The average molecular weight is 192 g/mol. The van der Waals surface area contributed by atoms with Gasteiger partial charge in [-0.25, -0.2) is 0 Å². The molecule has 0 amide bonds. The van der Waals surface area contributed by atoms with Crippen molar-refractivity contribution in [1.82, 2.24) is 0 Å². The number of hydrogen-bond acceptors (Lipinski definition) is 1. The maximum absolute atomic E-state index is 5.92. The second kappa shape index (κ2) is 3.37. The minimum atomic E-state index is 0.534. The Kier molecular flexibility index (Phi) is 2.16. The highest BCUT2D eigenvalue weighted by molar-refractivity contribution is 5.03. The van der Waals surface area contributed by atoms with Crippen molar-refractivity contribution in [3.8, 4) is 0 Å². The molecule has 1 heteroatoms. The normalized spacial score (nSPS) is 47.3. The summed E-state index contributed by atoms with van der Waals surface area (Å²) < 4.78 is 5.92. The largest absolute Gasteiger partial charge is 0.377 e. The van der Waals surface area contributed by atoms with E-state index in [1.165, 1.54) is 31.3 Å². The van der Waals surface area contributed by atoms with Gasteiger partial charge in [-0.05, 0) is 49.9 Å². The van der Waals surface area contributed by atoms with E-state index in [1.54, 1.807) is 0 Å². The highest BCUT2D eigenvalue weighted by atomic mass is 16.5. The summed E-state index contributed by atoms with van der Waals surface area (Å²) in [5, 5.41) is 0. The second-order valence-corrected chi connectivity index (χ2v) is 5.45. The summed E-state index contributed by atoms with van der Waals surface area (Å²) in [7, 11) is 0. The van der Waals surface area contributed by atoms with Gasteiger partial charge >= 0.3 is 0 Å². The molecule has 0 spiro atoms. The molecule has 78 valence electrons. The first-order chi connectivity index (χ1) is 6.83. The molecule has 0 aromatic carbocycles. The van der Waals surface area contributed by atoms with E-state index >= 15 is 0 Å². The van der Waals surface area contributed by atoms with Gasteiger partial charge in [-0.2, -0.15) is 0 Å². The molecule has 0 radical (unpaired) electrons. The molecule has 14 heavy (non-hydrogen) atoms. The highest BCUT2D eigenvalue weighted by Gasteiger charge is 2.43. The first-order valence-electron chi connectivity index (χ1n) is 6.11. The Hall–Kier alpha value is -0.300. The van der Waals surface area contributed by atoms with Gasteiger partial charge in [0.05, 0.1) is 12.7 Å². The Labute approximate surface area is 86.5 Å². The summed E-state index contributed by atoms with van der Waals surface area (Å²) >= 11 is 0. The Morgan fingerprint density at radius 3 is 2.79 bits per heavy atom. The van der Waals surface area contributed by atoms with E-state index in [2.05, 4.69) is 6.58 Å². The monoisotopic (exact) mass is 192 g/mol. The summed E-state index contributed by atoms with van der Waals surface area (Å²) in [5.74, 6) is 2.92. The third-order valence-corrected chi connectivity index (χ3v) is 4.55. The van der Waals surface area contributed by atoms with Gasteiger partial charge in [0.1, 0.15) is 0 Å². The van der Waals surface area contributed by atoms with E-state index in [-0.39, 0.29) is 0 Å². The van der Waals surface area contributed by atoms with Crippen LogP contribution in [-0.4, -0.2) is 12.7 Å². The van der Waals surface area contributed by atoms with E-state index < -0.39 is 0 Å². The lowest BCUT2D eigenvalue weighted by atomic mass is 9.81. The predicted octanol–water partition coefficient (Wildman–Crippen LogP) is 3.16. The second-order valence-electron chi connectivity index (χ2n) is 5.45. The molecular weight excluding hydrogens is 172 g/mol. The Balaban J connectivity index is 1.67. The van der Waals surface area contributed by atoms with Crippen molar-refractivity contribution >= 4 is 0 Å². The molecule has 3 rings (SSSR count). The van der Waals surface area contributed by atoms with Crippen molar-refractivity contribution in [3.63, 3.8) is 0 Å². The van der Waals surface area contributed by atoms with Crippen molar-refractivity contribution in [3.05, 3.63) is 12.2 Å². The Morgan fingerprint density at radius 1 is 1.21 bits per heavy atom. The van der Waals surface area contributed by atoms with Crippen LogP contribution in [0, 0.1) is 17.8 Å². The summed E-state index contributed by atoms with van der Waals surface area (Å²) in [5.41, 5.74) is 1.42. The summed E-state index contributed by atoms with van der Waals surface area (Å²) in [6.45, 7) is 5.05. The van der Waals surface area contributed by atoms with E-state index in [1.807, 2.05) is 0 Å². The van der Waals surface area contributed by atoms with Crippen molar-refractivity contribution in [2.45, 2.75) is 44.6 Å². The smallest absolute Gasteiger partial charge is 0.0643 e. The maximum Gasteiger partial charge on any atom is 0.0643 e. The summed E-state index contributed by atoms with van der Waals surface area (Å²) in [4.78, 5) is 0. The highest BCUT2D eigenvalue weighted by Crippen LogP contribution is 2.51. The quantitative estimate of drug-likeness (QED) is 0.580. The van der Waals surface area contributed by atoms with Crippen LogP contribution in [-0.2, 0) is 4.74 Å². The molecule has 1 heterocycles. The Morgan fingerprint density at radius 2 is 2.14 bits per heavy atom. The van der Waals surface area contributed by atoms with Crippen molar-refractivity contribution in [2.24, 2.45) is 17.8 Å². The molecular formula is C13H20O. The van der Waals surface area contributed by atoms with Crippen LogP contribution in [0.25, 0.3) is 0 Å². The standard InChI is InChI=1S/C13H20O/c1-9-4-5-14-13(6-9)12-8-10-2-3-11(12)7-10/h10-13H,1-8H2. The van der Waals surface area contributed by atoms with Gasteiger partial charge in [-0.1, -0.05) is 18.6 Å². The zero-order valence-electron chi connectivity index (χ0n) is 8.87. The van der Waals surface area contributed by atoms with Gasteiger partial charge in [0, 0.05) is 0 Å². The Bertz CT molecular complexity index is 246. The number of rotatable bonds is 1. The third-order valence-electron chi connectivity index (χ3n) is 4.55. The van der Waals surface area contributed by atoms with Gasteiger partial charge in [0.2, 0.25) is 0 Å². The molecule has 1 nitrogen and oxygen atoms in total. The molecule has 0 aromatic rings. The lowest BCUT2D eigenvalue weighted by molar-refractivity contribution is -0.0195. The summed E-state index contributed by atoms with van der Waals surface area (Å²) in [6.07, 6.45) is 8.69. The van der Waals surface area contributed by atoms with Crippen LogP contribution >= 0.6 is 0 Å². The van der Waals surface area contributed by atoms with Crippen LogP contribution in [0.5, 0.6) is 0 Å². The van der Waals surface area contributed by atoms with E-state index in [0.717, 1.165) is 37.2 Å². The van der Waals surface area contributed by atoms with Gasteiger partial charge < -0.3 is 4.74 Å². The minimum Gasteiger partial charge on any atom is -0.377 e. The molecule has 0 N–H and O–H groups in total. The van der Waals surface area contributed by atoms with Crippen LogP contribution in [0.3, 0.4) is 0 Å². The number of fused-ring (bicyclic) bond motifs is 2. The molecule has 1 saturated heterocycles. The van der Waals surface area contributed by atoms with Crippen LogP contribution in [0.2, 0.25) is 0 Å². The zero-order chi connectivity index (χ0) is 9.54. The van der Waals surface area contributed by atoms with Crippen LogP contribution in [0.4, 0.5) is 0 Å². The van der Waals surface area contributed by atoms with Crippen molar-refractivity contribution in [2.75, 3.05) is 6.61 Å². The molecule has 1 aliphatic heterocycles. The average Bonchev–Trinajstić information content (AvgIpc) is 2.78. The lowest BCUT2D eigenvalue weighted by Gasteiger charge is -2.34. The SMILES string of the molecule is C=C1CCOC(C2CC3CCC2C3)C1. The van der Waals surface area contributed by atoms with Crippen LogP contribution in [0.1, 0.15) is 38.5 Å². The van der Waals surface area contributed by atoms with Gasteiger partial charge in [0.25, 0.3) is 0 Å². The van der Waals surface area contributed by atoms with Gasteiger partial charge in [-0.15, -0.1) is 0 Å². The summed E-state index contributed by atoms with van der Waals surface area (Å²) in [6, 6.07) is 0. The third kappa shape index (κ3) is 1.42. The van der Waals surface area contributed by atoms with Crippen molar-refractivity contribution < 1.29 is 4.74 Å². The fourth-order valence-corrected chi connectivity index (χ4v) is 3.82. The number of ether oxygens (including phenoxy) is 1. The van der Waals surface area contributed by atoms with Crippen LogP contribution in [0.15, 0.2) is 12.2 Å². The lowest BCUT2D eigenvalue weighted by Crippen LogP contribution is -2.32. The van der Waals surface area contributed by atoms with Crippen molar-refractivity contribution in [1.29, 1.82) is 0 Å². The molecule has 3 fully saturated rings. The fourth-order valence-electron chi connectivity index (χ4n) is 3.82. The fraction of sp³-hybridized carbons (Fsp3) is 0.846. The first-order valence-corrected chi connectivity index (χ1v) is 6.11. The van der Waals surface area contributed by atoms with Gasteiger partial charge in [0.15, 0.2) is 0 Å². The first kappa shape index (κ1) is 8.96. The molecule has 2 aliphatic carbocycles. The van der Waals surface area contributed by atoms with Crippen LogP contribution < -0.4 is 0 Å². The minimum absolute atomic E-state index is 0.534.